The summed E-state index contributed by atoms with van der Waals surface area (Å²) in [4.78, 5) is 0. The highest BCUT2D eigenvalue weighted by molar-refractivity contribution is 5.89. The van der Waals surface area contributed by atoms with Crippen molar-refractivity contribution in [1.82, 2.24) is 0 Å². The van der Waals surface area contributed by atoms with Crippen molar-refractivity contribution in [2.45, 2.75) is 0 Å². The Morgan fingerprint density at radius 1 is 0.609 bits per heavy atom. The molecule has 3 nitrogen and oxygen atoms in total. The molecule has 0 aromatic heterocycles. The second-order valence-corrected chi connectivity index (χ2v) is 5.22. The van der Waals surface area contributed by atoms with Gasteiger partial charge < -0.3 is 15.2 Å². The number of para-hydroxylation sites is 1. The summed E-state index contributed by atoms with van der Waals surface area (Å²) in [6.45, 7) is 0. The SMILES string of the molecule is COc1ccc(-c2cccc(-c3ccc(OC)cc3)c2N)cc1. The number of nitrogens with two attached hydrogens (primary N) is 1. The van der Waals surface area contributed by atoms with Crippen LogP contribution >= 0.6 is 0 Å². The van der Waals surface area contributed by atoms with Gasteiger partial charge in [-0.2, -0.15) is 0 Å². The average Bonchev–Trinajstić information content (AvgIpc) is 2.62. The molecule has 0 saturated heterocycles. The van der Waals surface area contributed by atoms with E-state index in [2.05, 4.69) is 0 Å². The minimum absolute atomic E-state index is 0.767. The van der Waals surface area contributed by atoms with Gasteiger partial charge in [-0.05, 0) is 35.4 Å². The number of rotatable bonds is 4. The first-order valence-electron chi connectivity index (χ1n) is 7.40. The molecule has 0 saturated carbocycles. The number of methoxy groups -OCH3 is 2. The van der Waals surface area contributed by atoms with Crippen molar-refractivity contribution in [1.29, 1.82) is 0 Å². The van der Waals surface area contributed by atoms with Gasteiger partial charge in [0, 0.05) is 16.8 Å². The molecule has 0 bridgehead atoms. The maximum absolute atomic E-state index is 6.43. The Hall–Kier alpha value is -2.94. The highest BCUT2D eigenvalue weighted by Gasteiger charge is 2.09. The van der Waals surface area contributed by atoms with Crippen LogP contribution in [0.3, 0.4) is 0 Å². The van der Waals surface area contributed by atoms with E-state index in [4.69, 9.17) is 15.2 Å². The summed E-state index contributed by atoms with van der Waals surface area (Å²) in [5, 5.41) is 0. The molecule has 0 spiro atoms. The van der Waals surface area contributed by atoms with Crippen molar-refractivity contribution in [3.63, 3.8) is 0 Å². The molecule has 0 amide bonds. The van der Waals surface area contributed by atoms with Gasteiger partial charge in [0.1, 0.15) is 11.5 Å². The molecule has 0 atom stereocenters. The molecule has 3 rings (SSSR count). The number of anilines is 1. The van der Waals surface area contributed by atoms with Gasteiger partial charge in [-0.3, -0.25) is 0 Å². The summed E-state index contributed by atoms with van der Waals surface area (Å²) in [5.41, 5.74) is 11.4. The number of hydrogen-bond donors (Lipinski definition) is 1. The Morgan fingerprint density at radius 3 is 1.35 bits per heavy atom. The lowest BCUT2D eigenvalue weighted by molar-refractivity contribution is 0.415. The fraction of sp³-hybridized carbons (Fsp3) is 0.100. The molecular formula is C20H19NO2. The smallest absolute Gasteiger partial charge is 0.118 e. The van der Waals surface area contributed by atoms with E-state index in [0.717, 1.165) is 39.4 Å². The van der Waals surface area contributed by atoms with Crippen molar-refractivity contribution in [2.75, 3.05) is 20.0 Å². The monoisotopic (exact) mass is 305 g/mol. The lowest BCUT2D eigenvalue weighted by Gasteiger charge is -2.12. The van der Waals surface area contributed by atoms with Crippen LogP contribution < -0.4 is 15.2 Å². The van der Waals surface area contributed by atoms with Gasteiger partial charge in [-0.25, -0.2) is 0 Å². The molecule has 0 unspecified atom stereocenters. The van der Waals surface area contributed by atoms with E-state index >= 15 is 0 Å². The summed E-state index contributed by atoms with van der Waals surface area (Å²) in [5.74, 6) is 1.66. The fourth-order valence-electron chi connectivity index (χ4n) is 2.61. The van der Waals surface area contributed by atoms with Crippen LogP contribution in [0.5, 0.6) is 11.5 Å². The summed E-state index contributed by atoms with van der Waals surface area (Å²) in [7, 11) is 3.32. The van der Waals surface area contributed by atoms with Gasteiger partial charge in [0.25, 0.3) is 0 Å². The molecule has 3 aromatic carbocycles. The maximum Gasteiger partial charge on any atom is 0.118 e. The zero-order valence-corrected chi connectivity index (χ0v) is 13.2. The van der Waals surface area contributed by atoms with Crippen LogP contribution in [0.25, 0.3) is 22.3 Å². The largest absolute Gasteiger partial charge is 0.497 e. The predicted molar refractivity (Wildman–Crippen MR) is 94.8 cm³/mol. The Kier molecular flexibility index (Phi) is 4.20. The fourth-order valence-corrected chi connectivity index (χ4v) is 2.61. The topological polar surface area (TPSA) is 44.5 Å². The number of benzene rings is 3. The van der Waals surface area contributed by atoms with Crippen molar-refractivity contribution in [3.05, 3.63) is 66.7 Å². The highest BCUT2D eigenvalue weighted by atomic mass is 16.5. The van der Waals surface area contributed by atoms with Crippen LogP contribution in [0.4, 0.5) is 5.69 Å². The summed E-state index contributed by atoms with van der Waals surface area (Å²) < 4.78 is 10.4. The minimum Gasteiger partial charge on any atom is -0.497 e. The predicted octanol–water partition coefficient (Wildman–Crippen LogP) is 4.62. The molecule has 0 heterocycles. The molecule has 3 heteroatoms. The van der Waals surface area contributed by atoms with Gasteiger partial charge in [-0.15, -0.1) is 0 Å². The van der Waals surface area contributed by atoms with E-state index in [0.29, 0.717) is 0 Å². The van der Waals surface area contributed by atoms with Gasteiger partial charge in [0.15, 0.2) is 0 Å². The quantitative estimate of drug-likeness (QED) is 0.715. The van der Waals surface area contributed by atoms with E-state index in [9.17, 15) is 0 Å². The normalized spacial score (nSPS) is 10.3. The molecule has 0 radical (unpaired) electrons. The Morgan fingerprint density at radius 2 is 1.00 bits per heavy atom. The van der Waals surface area contributed by atoms with Gasteiger partial charge in [0.05, 0.1) is 14.2 Å². The van der Waals surface area contributed by atoms with Crippen LogP contribution in [0.2, 0.25) is 0 Å². The lowest BCUT2D eigenvalue weighted by Crippen LogP contribution is -1.94. The van der Waals surface area contributed by atoms with E-state index in [-0.39, 0.29) is 0 Å². The second-order valence-electron chi connectivity index (χ2n) is 5.22. The highest BCUT2D eigenvalue weighted by Crippen LogP contribution is 2.35. The van der Waals surface area contributed by atoms with Crippen molar-refractivity contribution < 1.29 is 9.47 Å². The molecule has 0 fully saturated rings. The lowest BCUT2D eigenvalue weighted by atomic mass is 9.96. The number of nitrogen functional groups attached to an aromatic ring is 1. The number of ether oxygens (including phenoxy) is 2. The summed E-state index contributed by atoms with van der Waals surface area (Å²) in [6.07, 6.45) is 0. The van der Waals surface area contributed by atoms with Crippen LogP contribution in [0.1, 0.15) is 0 Å². The molecule has 0 aliphatic heterocycles. The minimum atomic E-state index is 0.767. The maximum atomic E-state index is 6.43. The van der Waals surface area contributed by atoms with Crippen LogP contribution in [0, 0.1) is 0 Å². The first kappa shape index (κ1) is 15.0. The molecule has 116 valence electrons. The average molecular weight is 305 g/mol. The zero-order valence-electron chi connectivity index (χ0n) is 13.2. The van der Waals surface area contributed by atoms with Gasteiger partial charge >= 0.3 is 0 Å². The van der Waals surface area contributed by atoms with Gasteiger partial charge in [-0.1, -0.05) is 42.5 Å². The van der Waals surface area contributed by atoms with Crippen molar-refractivity contribution >= 4 is 5.69 Å². The van der Waals surface area contributed by atoms with Gasteiger partial charge in [0.2, 0.25) is 0 Å². The second kappa shape index (κ2) is 6.44. The van der Waals surface area contributed by atoms with Crippen molar-refractivity contribution in [2.24, 2.45) is 0 Å². The zero-order chi connectivity index (χ0) is 16.2. The first-order chi connectivity index (χ1) is 11.2. The standard InChI is InChI=1S/C20H19NO2/c1-22-16-10-6-14(7-11-16)18-4-3-5-19(20(18)21)15-8-12-17(23-2)13-9-15/h3-13H,21H2,1-2H3. The first-order valence-corrected chi connectivity index (χ1v) is 7.40. The van der Waals surface area contributed by atoms with Crippen molar-refractivity contribution in [3.8, 4) is 33.8 Å². The Balaban J connectivity index is 2.02. The molecule has 2 N–H and O–H groups in total. The molecule has 0 aliphatic carbocycles. The Labute approximate surface area is 136 Å². The molecule has 23 heavy (non-hydrogen) atoms. The van der Waals surface area contributed by atoms with Crippen LogP contribution in [0.15, 0.2) is 66.7 Å². The van der Waals surface area contributed by atoms with E-state index in [1.807, 2.05) is 66.7 Å². The van der Waals surface area contributed by atoms with E-state index < -0.39 is 0 Å². The molecular weight excluding hydrogens is 286 g/mol. The molecule has 3 aromatic rings. The third-order valence-corrected chi connectivity index (χ3v) is 3.91. The van der Waals surface area contributed by atoms with Crippen LogP contribution in [-0.4, -0.2) is 14.2 Å². The molecule has 0 aliphatic rings. The summed E-state index contributed by atoms with van der Waals surface area (Å²) >= 11 is 0. The van der Waals surface area contributed by atoms with E-state index in [1.54, 1.807) is 14.2 Å². The third kappa shape index (κ3) is 2.99. The summed E-state index contributed by atoms with van der Waals surface area (Å²) in [6, 6.07) is 21.9. The number of hydrogen-bond acceptors (Lipinski definition) is 3. The van der Waals surface area contributed by atoms with E-state index in [1.165, 1.54) is 0 Å². The van der Waals surface area contributed by atoms with Crippen LogP contribution in [-0.2, 0) is 0 Å². The third-order valence-electron chi connectivity index (χ3n) is 3.91. The Bertz CT molecular complexity index is 727.